The first-order valence-electron chi connectivity index (χ1n) is 6.08. The highest BCUT2D eigenvalue weighted by Crippen LogP contribution is 2.34. The van der Waals surface area contributed by atoms with Crippen molar-refractivity contribution in [2.24, 2.45) is 0 Å². The molecule has 0 unspecified atom stereocenters. The first kappa shape index (κ1) is 15.1. The van der Waals surface area contributed by atoms with Gasteiger partial charge in [0, 0.05) is 13.1 Å². The number of carbonyl (C=O) groups is 1. The third-order valence-corrected chi connectivity index (χ3v) is 5.07. The van der Waals surface area contributed by atoms with Crippen LogP contribution in [0.25, 0.3) is 0 Å². The zero-order valence-electron chi connectivity index (χ0n) is 10.9. The van der Waals surface area contributed by atoms with Crippen molar-refractivity contribution in [3.05, 3.63) is 28.8 Å². The molecule has 2 heterocycles. The van der Waals surface area contributed by atoms with Crippen LogP contribution < -0.4 is 0 Å². The van der Waals surface area contributed by atoms with Crippen molar-refractivity contribution in [2.45, 2.75) is 17.6 Å². The first-order chi connectivity index (χ1) is 9.51. The lowest BCUT2D eigenvalue weighted by atomic mass is 9.97. The van der Waals surface area contributed by atoms with Crippen molar-refractivity contribution in [1.29, 1.82) is 5.26 Å². The molecule has 1 fully saturated rings. The van der Waals surface area contributed by atoms with Crippen LogP contribution in [0.15, 0.2) is 12.3 Å². The summed E-state index contributed by atoms with van der Waals surface area (Å²) >= 11 is 7.35. The highest BCUT2D eigenvalue weighted by atomic mass is 35.5. The molecular formula is C13H13ClFN3OS. The molecule has 2 rings (SSSR count). The fourth-order valence-electron chi connectivity index (χ4n) is 2.18. The Bertz CT molecular complexity index is 567. The number of nitrogens with zero attached hydrogens (tertiary/aromatic N) is 3. The largest absolute Gasteiger partial charge is 0.338 e. The molecule has 1 aliphatic rings. The summed E-state index contributed by atoms with van der Waals surface area (Å²) in [6.07, 6.45) is 4.06. The second-order valence-electron chi connectivity index (χ2n) is 4.59. The molecule has 1 aromatic rings. The zero-order chi connectivity index (χ0) is 14.8. The van der Waals surface area contributed by atoms with Gasteiger partial charge in [-0.3, -0.25) is 4.79 Å². The van der Waals surface area contributed by atoms with Crippen molar-refractivity contribution in [3.8, 4) is 6.07 Å². The summed E-state index contributed by atoms with van der Waals surface area (Å²) in [6, 6.07) is 3.41. The molecule has 0 bridgehead atoms. The van der Waals surface area contributed by atoms with Crippen LogP contribution in [0.4, 0.5) is 4.39 Å². The SMILES string of the molecule is CSC1(C#N)CCN(C(=O)c2cc(F)cnc2Cl)CC1. The normalized spacial score (nSPS) is 17.6. The maximum atomic E-state index is 13.2. The minimum absolute atomic E-state index is 0.00149. The molecule has 0 saturated carbocycles. The van der Waals surface area contributed by atoms with Crippen LogP contribution in [0.1, 0.15) is 23.2 Å². The van der Waals surface area contributed by atoms with E-state index in [1.165, 1.54) is 11.8 Å². The number of aromatic nitrogens is 1. The number of thioether (sulfide) groups is 1. The van der Waals surface area contributed by atoms with E-state index in [1.54, 1.807) is 4.90 Å². The lowest BCUT2D eigenvalue weighted by molar-refractivity contribution is 0.0716. The number of carbonyl (C=O) groups excluding carboxylic acids is 1. The average Bonchev–Trinajstić information content (AvgIpc) is 2.49. The molecule has 0 spiro atoms. The lowest BCUT2D eigenvalue weighted by Crippen LogP contribution is -2.44. The van der Waals surface area contributed by atoms with Gasteiger partial charge in [-0.25, -0.2) is 9.37 Å². The van der Waals surface area contributed by atoms with Crippen LogP contribution in [0.3, 0.4) is 0 Å². The molecule has 1 aromatic heterocycles. The van der Waals surface area contributed by atoms with Crippen molar-refractivity contribution < 1.29 is 9.18 Å². The van der Waals surface area contributed by atoms with Crippen LogP contribution in [0.2, 0.25) is 5.15 Å². The maximum absolute atomic E-state index is 13.2. The fourth-order valence-corrected chi connectivity index (χ4v) is 3.04. The monoisotopic (exact) mass is 313 g/mol. The molecular weight excluding hydrogens is 301 g/mol. The highest BCUT2D eigenvalue weighted by Gasteiger charge is 2.36. The van der Waals surface area contributed by atoms with Gasteiger partial charge in [0.15, 0.2) is 0 Å². The standard InChI is InChI=1S/C13H13ClFN3OS/c1-20-13(8-16)2-4-18(5-3-13)12(19)10-6-9(15)7-17-11(10)14/h6-7H,2-5H2,1H3. The Morgan fingerprint density at radius 3 is 2.80 bits per heavy atom. The van der Waals surface area contributed by atoms with Crippen LogP contribution in [0.5, 0.6) is 0 Å². The Kier molecular flexibility index (Phi) is 4.51. The molecule has 0 atom stereocenters. The van der Waals surface area contributed by atoms with Crippen molar-refractivity contribution in [2.75, 3.05) is 19.3 Å². The van der Waals surface area contributed by atoms with Crippen molar-refractivity contribution in [1.82, 2.24) is 9.88 Å². The van der Waals surface area contributed by atoms with Gasteiger partial charge >= 0.3 is 0 Å². The number of piperidine rings is 1. The fraction of sp³-hybridized carbons (Fsp3) is 0.462. The van der Waals surface area contributed by atoms with Crippen molar-refractivity contribution in [3.63, 3.8) is 0 Å². The molecule has 0 radical (unpaired) electrons. The number of nitriles is 1. The molecule has 20 heavy (non-hydrogen) atoms. The number of hydrogen-bond donors (Lipinski definition) is 0. The Labute approximate surface area is 125 Å². The summed E-state index contributed by atoms with van der Waals surface area (Å²) in [6.45, 7) is 0.917. The smallest absolute Gasteiger partial charge is 0.257 e. The minimum atomic E-state index is -0.592. The second-order valence-corrected chi connectivity index (χ2v) is 6.14. The van der Waals surface area contributed by atoms with Crippen LogP contribution in [-0.2, 0) is 0 Å². The molecule has 4 nitrogen and oxygen atoms in total. The van der Waals surface area contributed by atoms with Crippen LogP contribution in [-0.4, -0.2) is 39.9 Å². The van der Waals surface area contributed by atoms with Crippen LogP contribution in [0, 0.1) is 17.1 Å². The van der Waals surface area contributed by atoms with Crippen LogP contribution >= 0.6 is 23.4 Å². The summed E-state index contributed by atoms with van der Waals surface area (Å²) in [4.78, 5) is 17.5. The third kappa shape index (κ3) is 2.89. The molecule has 1 aliphatic heterocycles. The van der Waals surface area contributed by atoms with E-state index in [2.05, 4.69) is 11.1 Å². The summed E-state index contributed by atoms with van der Waals surface area (Å²) < 4.78 is 12.7. The summed E-state index contributed by atoms with van der Waals surface area (Å²) in [7, 11) is 0. The molecule has 7 heteroatoms. The van der Waals surface area contributed by atoms with Gasteiger partial charge in [0.05, 0.1) is 17.8 Å². The Morgan fingerprint density at radius 2 is 2.25 bits per heavy atom. The number of rotatable bonds is 2. The Hall–Kier alpha value is -1.32. The number of hydrogen-bond acceptors (Lipinski definition) is 4. The topological polar surface area (TPSA) is 57.0 Å². The number of amides is 1. The minimum Gasteiger partial charge on any atom is -0.338 e. The van der Waals surface area contributed by atoms with E-state index >= 15 is 0 Å². The Morgan fingerprint density at radius 1 is 1.60 bits per heavy atom. The van der Waals surface area contributed by atoms with Gasteiger partial charge in [-0.05, 0) is 25.2 Å². The predicted molar refractivity (Wildman–Crippen MR) is 76.2 cm³/mol. The van der Waals surface area contributed by atoms with E-state index in [0.29, 0.717) is 25.9 Å². The van der Waals surface area contributed by atoms with E-state index < -0.39 is 10.6 Å². The predicted octanol–water partition coefficient (Wildman–Crippen LogP) is 2.74. The van der Waals surface area contributed by atoms with E-state index in [0.717, 1.165) is 12.3 Å². The van der Waals surface area contributed by atoms with E-state index in [4.69, 9.17) is 11.6 Å². The van der Waals surface area contributed by atoms with Crippen molar-refractivity contribution >= 4 is 29.3 Å². The maximum Gasteiger partial charge on any atom is 0.257 e. The van der Waals surface area contributed by atoms with Gasteiger partial charge in [-0.15, -0.1) is 11.8 Å². The molecule has 0 N–H and O–H groups in total. The van der Waals surface area contributed by atoms with Gasteiger partial charge in [0.1, 0.15) is 15.7 Å². The quantitative estimate of drug-likeness (QED) is 0.788. The van der Waals surface area contributed by atoms with E-state index in [9.17, 15) is 14.4 Å². The van der Waals surface area contributed by atoms with Gasteiger partial charge in [-0.1, -0.05) is 11.6 Å². The molecule has 0 aliphatic carbocycles. The average molecular weight is 314 g/mol. The van der Waals surface area contributed by atoms with Gasteiger partial charge < -0.3 is 4.90 Å². The molecule has 1 amide bonds. The van der Waals surface area contributed by atoms with E-state index in [1.807, 2.05) is 6.26 Å². The first-order valence-corrected chi connectivity index (χ1v) is 7.68. The van der Waals surface area contributed by atoms with E-state index in [-0.39, 0.29) is 16.6 Å². The number of pyridine rings is 1. The highest BCUT2D eigenvalue weighted by molar-refractivity contribution is 8.00. The Balaban J connectivity index is 2.13. The summed E-state index contributed by atoms with van der Waals surface area (Å²) in [5.41, 5.74) is 0.0697. The van der Waals surface area contributed by atoms with Gasteiger partial charge in [0.25, 0.3) is 5.91 Å². The lowest BCUT2D eigenvalue weighted by Gasteiger charge is -2.36. The molecule has 106 valence electrons. The zero-order valence-corrected chi connectivity index (χ0v) is 12.5. The second kappa shape index (κ2) is 5.98. The van der Waals surface area contributed by atoms with Gasteiger partial charge in [0.2, 0.25) is 0 Å². The summed E-state index contributed by atoms with van der Waals surface area (Å²) in [5.74, 6) is -0.931. The molecule has 1 saturated heterocycles. The molecule has 0 aromatic carbocycles. The van der Waals surface area contributed by atoms with Gasteiger partial charge in [-0.2, -0.15) is 5.26 Å². The summed E-state index contributed by atoms with van der Waals surface area (Å²) in [5, 5.41) is 9.21. The number of likely N-dealkylation sites (tertiary alicyclic amines) is 1. The number of halogens is 2. The third-order valence-electron chi connectivity index (χ3n) is 3.49.